The number of hydrogen-bond acceptors (Lipinski definition) is 6. The number of pyridine rings is 1. The summed E-state index contributed by atoms with van der Waals surface area (Å²) in [5, 5.41) is 0. The number of nitrogen functional groups attached to an aromatic ring is 1. The second-order valence-corrected chi connectivity index (χ2v) is 5.24. The number of anilines is 1. The highest BCUT2D eigenvalue weighted by Crippen LogP contribution is 2.29. The molecular formula is C19H15FN2O4. The summed E-state index contributed by atoms with van der Waals surface area (Å²) < 4.78 is 28.9. The van der Waals surface area contributed by atoms with E-state index in [2.05, 4.69) is 9.72 Å². The van der Waals surface area contributed by atoms with Gasteiger partial charge in [-0.15, -0.1) is 0 Å². The maximum Gasteiger partial charge on any atom is 0.337 e. The Morgan fingerprint density at radius 3 is 2.19 bits per heavy atom. The average molecular weight is 354 g/mol. The van der Waals surface area contributed by atoms with Crippen LogP contribution < -0.4 is 15.2 Å². The molecule has 0 fully saturated rings. The number of rotatable bonds is 5. The van der Waals surface area contributed by atoms with Gasteiger partial charge < -0.3 is 19.9 Å². The summed E-state index contributed by atoms with van der Waals surface area (Å²) in [5.74, 6) is 0.928. The van der Waals surface area contributed by atoms with Crippen molar-refractivity contribution in [3.8, 4) is 23.1 Å². The second kappa shape index (κ2) is 7.52. The van der Waals surface area contributed by atoms with E-state index < -0.39 is 5.97 Å². The first-order chi connectivity index (χ1) is 12.5. The van der Waals surface area contributed by atoms with Crippen LogP contribution in [-0.4, -0.2) is 18.1 Å². The molecule has 132 valence electrons. The highest BCUT2D eigenvalue weighted by atomic mass is 19.1. The number of carbonyl (C=O) groups excluding carboxylic acids is 1. The molecule has 0 unspecified atom stereocenters. The van der Waals surface area contributed by atoms with Crippen molar-refractivity contribution in [3.63, 3.8) is 0 Å². The van der Waals surface area contributed by atoms with Crippen LogP contribution in [0.4, 0.5) is 10.2 Å². The van der Waals surface area contributed by atoms with Crippen LogP contribution in [0.5, 0.6) is 23.1 Å². The van der Waals surface area contributed by atoms with Gasteiger partial charge in [0.05, 0.1) is 12.7 Å². The van der Waals surface area contributed by atoms with E-state index in [1.807, 2.05) is 0 Å². The van der Waals surface area contributed by atoms with Crippen molar-refractivity contribution in [1.29, 1.82) is 0 Å². The molecule has 1 heterocycles. The standard InChI is InChI=1S/C19H15FN2O4/c1-24-19(23)12-2-6-15(7-3-12)26-18-11-16(10-17(21)22-18)25-14-8-4-13(20)5-9-14/h2-11H,1H3,(H2,21,22). The number of nitrogens with two attached hydrogens (primary N) is 1. The van der Waals surface area contributed by atoms with E-state index in [0.717, 1.165) is 0 Å². The van der Waals surface area contributed by atoms with Crippen LogP contribution in [0, 0.1) is 5.82 Å². The van der Waals surface area contributed by atoms with Gasteiger partial charge in [0.2, 0.25) is 5.88 Å². The lowest BCUT2D eigenvalue weighted by Gasteiger charge is -2.10. The van der Waals surface area contributed by atoms with Crippen molar-refractivity contribution < 1.29 is 23.4 Å². The Labute approximate surface area is 149 Å². The molecule has 3 aromatic rings. The fraction of sp³-hybridized carbons (Fsp3) is 0.0526. The van der Waals surface area contributed by atoms with Gasteiger partial charge in [0.15, 0.2) is 0 Å². The Balaban J connectivity index is 1.77. The van der Waals surface area contributed by atoms with Gasteiger partial charge in [-0.2, -0.15) is 4.98 Å². The SMILES string of the molecule is COC(=O)c1ccc(Oc2cc(Oc3ccc(F)cc3)cc(N)n2)cc1. The lowest BCUT2D eigenvalue weighted by Crippen LogP contribution is -2.00. The van der Waals surface area contributed by atoms with Gasteiger partial charge in [-0.3, -0.25) is 0 Å². The molecule has 0 atom stereocenters. The summed E-state index contributed by atoms with van der Waals surface area (Å²) in [7, 11) is 1.31. The molecule has 3 rings (SSSR count). The summed E-state index contributed by atoms with van der Waals surface area (Å²) in [5.41, 5.74) is 6.18. The Bertz CT molecular complexity index is 912. The molecule has 0 aliphatic heterocycles. The van der Waals surface area contributed by atoms with Crippen LogP contribution in [0.15, 0.2) is 60.7 Å². The molecule has 26 heavy (non-hydrogen) atoms. The smallest absolute Gasteiger partial charge is 0.337 e. The van der Waals surface area contributed by atoms with Gasteiger partial charge in [0.25, 0.3) is 0 Å². The molecule has 1 aromatic heterocycles. The van der Waals surface area contributed by atoms with Crippen molar-refractivity contribution in [2.45, 2.75) is 0 Å². The number of nitrogens with zero attached hydrogens (tertiary/aromatic N) is 1. The monoisotopic (exact) mass is 354 g/mol. The van der Waals surface area contributed by atoms with Gasteiger partial charge in [0.1, 0.15) is 28.9 Å². The molecule has 0 amide bonds. The zero-order valence-corrected chi connectivity index (χ0v) is 13.8. The maximum absolute atomic E-state index is 13.0. The molecule has 6 nitrogen and oxygen atoms in total. The van der Waals surface area contributed by atoms with E-state index in [1.54, 1.807) is 30.3 Å². The van der Waals surface area contributed by atoms with E-state index in [0.29, 0.717) is 22.8 Å². The molecule has 2 N–H and O–H groups in total. The van der Waals surface area contributed by atoms with Crippen molar-refractivity contribution in [2.75, 3.05) is 12.8 Å². The Morgan fingerprint density at radius 2 is 1.54 bits per heavy atom. The summed E-state index contributed by atoms with van der Waals surface area (Å²) in [6.07, 6.45) is 0. The number of carbonyl (C=O) groups is 1. The van der Waals surface area contributed by atoms with Crippen LogP contribution >= 0.6 is 0 Å². The van der Waals surface area contributed by atoms with Crippen LogP contribution in [0.25, 0.3) is 0 Å². The van der Waals surface area contributed by atoms with Gasteiger partial charge in [-0.25, -0.2) is 9.18 Å². The minimum atomic E-state index is -0.436. The fourth-order valence-electron chi connectivity index (χ4n) is 2.15. The maximum atomic E-state index is 13.0. The summed E-state index contributed by atoms with van der Waals surface area (Å²) in [6.45, 7) is 0. The Kier molecular flexibility index (Phi) is 4.98. The first-order valence-corrected chi connectivity index (χ1v) is 7.61. The highest BCUT2D eigenvalue weighted by molar-refractivity contribution is 5.89. The van der Waals surface area contributed by atoms with Gasteiger partial charge in [0, 0.05) is 12.1 Å². The van der Waals surface area contributed by atoms with Crippen LogP contribution in [-0.2, 0) is 4.74 Å². The first kappa shape index (κ1) is 17.2. The van der Waals surface area contributed by atoms with Gasteiger partial charge >= 0.3 is 5.97 Å². The molecular weight excluding hydrogens is 339 g/mol. The topological polar surface area (TPSA) is 83.7 Å². The van der Waals surface area contributed by atoms with Crippen molar-refractivity contribution in [2.24, 2.45) is 0 Å². The molecule has 7 heteroatoms. The summed E-state index contributed by atoms with van der Waals surface area (Å²) >= 11 is 0. The number of benzene rings is 2. The van der Waals surface area contributed by atoms with E-state index in [-0.39, 0.29) is 17.5 Å². The minimum Gasteiger partial charge on any atom is -0.465 e. The van der Waals surface area contributed by atoms with Crippen molar-refractivity contribution >= 4 is 11.8 Å². The lowest BCUT2D eigenvalue weighted by atomic mass is 10.2. The predicted octanol–water partition coefficient (Wildman–Crippen LogP) is 4.17. The Morgan fingerprint density at radius 1 is 0.923 bits per heavy atom. The zero-order valence-electron chi connectivity index (χ0n) is 13.8. The molecule has 0 bridgehead atoms. The quantitative estimate of drug-likeness (QED) is 0.692. The molecule has 0 aliphatic rings. The molecule has 0 saturated heterocycles. The fourth-order valence-corrected chi connectivity index (χ4v) is 2.15. The first-order valence-electron chi connectivity index (χ1n) is 7.61. The third-order valence-electron chi connectivity index (χ3n) is 3.34. The van der Waals surface area contributed by atoms with Crippen LogP contribution in [0.3, 0.4) is 0 Å². The second-order valence-electron chi connectivity index (χ2n) is 5.24. The minimum absolute atomic E-state index is 0.200. The Hall–Kier alpha value is -3.61. The van der Waals surface area contributed by atoms with E-state index >= 15 is 0 Å². The van der Waals surface area contributed by atoms with Gasteiger partial charge in [-0.05, 0) is 48.5 Å². The zero-order chi connectivity index (χ0) is 18.5. The number of methoxy groups -OCH3 is 1. The van der Waals surface area contributed by atoms with Crippen LogP contribution in [0.2, 0.25) is 0 Å². The number of aromatic nitrogens is 1. The summed E-state index contributed by atoms with van der Waals surface area (Å²) in [4.78, 5) is 15.5. The molecule has 2 aromatic carbocycles. The third kappa shape index (κ3) is 4.27. The number of hydrogen-bond donors (Lipinski definition) is 1. The number of esters is 1. The number of ether oxygens (including phenoxy) is 3. The van der Waals surface area contributed by atoms with E-state index in [1.165, 1.54) is 37.4 Å². The molecule has 0 aliphatic carbocycles. The molecule has 0 radical (unpaired) electrons. The van der Waals surface area contributed by atoms with Crippen molar-refractivity contribution in [3.05, 3.63) is 72.0 Å². The largest absolute Gasteiger partial charge is 0.465 e. The predicted molar refractivity (Wildman–Crippen MR) is 93.0 cm³/mol. The average Bonchev–Trinajstić information content (AvgIpc) is 2.63. The van der Waals surface area contributed by atoms with Crippen LogP contribution in [0.1, 0.15) is 10.4 Å². The molecule has 0 saturated carbocycles. The summed E-state index contributed by atoms with van der Waals surface area (Å²) in [6, 6.07) is 15.0. The van der Waals surface area contributed by atoms with Crippen molar-refractivity contribution in [1.82, 2.24) is 4.98 Å². The lowest BCUT2D eigenvalue weighted by molar-refractivity contribution is 0.0600. The van der Waals surface area contributed by atoms with E-state index in [9.17, 15) is 9.18 Å². The highest BCUT2D eigenvalue weighted by Gasteiger charge is 2.08. The van der Waals surface area contributed by atoms with Gasteiger partial charge in [-0.1, -0.05) is 0 Å². The molecule has 0 spiro atoms. The number of halogens is 1. The normalized spacial score (nSPS) is 10.2. The van der Waals surface area contributed by atoms with E-state index in [4.69, 9.17) is 15.2 Å². The third-order valence-corrected chi connectivity index (χ3v) is 3.34.